The Morgan fingerprint density at radius 3 is 2.71 bits per heavy atom. The summed E-state index contributed by atoms with van der Waals surface area (Å²) >= 11 is 0. The monoisotopic (exact) mass is 377 g/mol. The van der Waals surface area contributed by atoms with Crippen LogP contribution in [0.25, 0.3) is 11.3 Å². The number of amides is 1. The van der Waals surface area contributed by atoms with Gasteiger partial charge in [0.1, 0.15) is 12.3 Å². The highest BCUT2D eigenvalue weighted by Crippen LogP contribution is 2.21. The zero-order valence-electron chi connectivity index (χ0n) is 16.2. The molecule has 0 aliphatic carbocycles. The van der Waals surface area contributed by atoms with E-state index in [0.29, 0.717) is 12.2 Å². The molecule has 0 radical (unpaired) electrons. The van der Waals surface area contributed by atoms with E-state index >= 15 is 0 Å². The molecule has 28 heavy (non-hydrogen) atoms. The van der Waals surface area contributed by atoms with Crippen molar-refractivity contribution in [3.63, 3.8) is 0 Å². The van der Waals surface area contributed by atoms with E-state index in [0.717, 1.165) is 28.0 Å². The van der Waals surface area contributed by atoms with Crippen LogP contribution in [0.3, 0.4) is 0 Å². The van der Waals surface area contributed by atoms with Gasteiger partial charge < -0.3 is 10.1 Å². The fourth-order valence-corrected chi connectivity index (χ4v) is 2.89. The SMILES string of the molecule is COc1cccc(CNC(=O)Cn2nc(-c3cc(C)ccc3C)ccc2=O)c1. The highest BCUT2D eigenvalue weighted by Gasteiger charge is 2.10. The summed E-state index contributed by atoms with van der Waals surface area (Å²) < 4.78 is 6.37. The lowest BCUT2D eigenvalue weighted by atomic mass is 10.0. The van der Waals surface area contributed by atoms with E-state index in [9.17, 15) is 9.59 Å². The number of ether oxygens (including phenoxy) is 1. The third-order valence-electron chi connectivity index (χ3n) is 4.45. The van der Waals surface area contributed by atoms with Crippen molar-refractivity contribution in [2.24, 2.45) is 0 Å². The van der Waals surface area contributed by atoms with Gasteiger partial charge in [0.2, 0.25) is 5.91 Å². The normalized spacial score (nSPS) is 10.5. The molecule has 0 atom stereocenters. The first-order valence-corrected chi connectivity index (χ1v) is 9.01. The number of carbonyl (C=O) groups excluding carboxylic acids is 1. The van der Waals surface area contributed by atoms with Gasteiger partial charge in [0.25, 0.3) is 5.56 Å². The molecule has 0 fully saturated rings. The molecular weight excluding hydrogens is 354 g/mol. The summed E-state index contributed by atoms with van der Waals surface area (Å²) in [4.78, 5) is 24.5. The molecule has 1 aromatic heterocycles. The first kappa shape index (κ1) is 19.4. The predicted octanol–water partition coefficient (Wildman–Crippen LogP) is 2.85. The van der Waals surface area contributed by atoms with Gasteiger partial charge in [-0.05, 0) is 49.2 Å². The average Bonchev–Trinajstić information content (AvgIpc) is 2.70. The average molecular weight is 377 g/mol. The topological polar surface area (TPSA) is 73.2 Å². The Balaban J connectivity index is 1.73. The van der Waals surface area contributed by atoms with Gasteiger partial charge in [0.15, 0.2) is 0 Å². The standard InChI is InChI=1S/C22H23N3O3/c1-15-7-8-16(2)19(11-15)20-9-10-22(27)25(24-20)14-21(26)23-13-17-5-4-6-18(12-17)28-3/h4-12H,13-14H2,1-3H3,(H,23,26). The molecule has 0 saturated heterocycles. The van der Waals surface area contributed by atoms with Crippen molar-refractivity contribution in [1.29, 1.82) is 0 Å². The Morgan fingerprint density at radius 2 is 1.93 bits per heavy atom. The molecule has 0 bridgehead atoms. The van der Waals surface area contributed by atoms with Crippen LogP contribution in [0, 0.1) is 13.8 Å². The fourth-order valence-electron chi connectivity index (χ4n) is 2.89. The molecule has 3 aromatic rings. The maximum Gasteiger partial charge on any atom is 0.267 e. The van der Waals surface area contributed by atoms with Crippen molar-refractivity contribution >= 4 is 5.91 Å². The number of methoxy groups -OCH3 is 1. The third-order valence-corrected chi connectivity index (χ3v) is 4.45. The van der Waals surface area contributed by atoms with E-state index in [-0.39, 0.29) is 18.0 Å². The van der Waals surface area contributed by atoms with Gasteiger partial charge in [0.05, 0.1) is 12.8 Å². The van der Waals surface area contributed by atoms with Crippen LogP contribution in [-0.4, -0.2) is 22.8 Å². The number of aromatic nitrogens is 2. The van der Waals surface area contributed by atoms with Crippen LogP contribution in [0.15, 0.2) is 59.4 Å². The Labute approximate surface area is 163 Å². The first-order chi connectivity index (χ1) is 13.5. The highest BCUT2D eigenvalue weighted by atomic mass is 16.5. The molecule has 6 nitrogen and oxygen atoms in total. The molecule has 6 heteroatoms. The molecule has 0 saturated carbocycles. The van der Waals surface area contributed by atoms with E-state index in [1.165, 1.54) is 10.7 Å². The Morgan fingerprint density at radius 1 is 1.11 bits per heavy atom. The lowest BCUT2D eigenvalue weighted by Gasteiger charge is -2.10. The smallest absolute Gasteiger partial charge is 0.267 e. The van der Waals surface area contributed by atoms with Crippen molar-refractivity contribution in [3.8, 4) is 17.0 Å². The molecule has 0 aliphatic rings. The molecule has 1 heterocycles. The number of nitrogens with one attached hydrogen (secondary N) is 1. The maximum absolute atomic E-state index is 12.3. The minimum atomic E-state index is -0.314. The second-order valence-corrected chi connectivity index (χ2v) is 6.66. The molecular formula is C22H23N3O3. The number of hydrogen-bond acceptors (Lipinski definition) is 4. The van der Waals surface area contributed by atoms with Gasteiger partial charge in [-0.1, -0.05) is 29.8 Å². The molecule has 1 amide bonds. The van der Waals surface area contributed by atoms with E-state index in [2.05, 4.69) is 10.4 Å². The minimum absolute atomic E-state index is 0.137. The lowest BCUT2D eigenvalue weighted by Crippen LogP contribution is -2.33. The summed E-state index contributed by atoms with van der Waals surface area (Å²) in [6.07, 6.45) is 0. The number of carbonyl (C=O) groups is 1. The molecule has 0 unspecified atom stereocenters. The Bertz CT molecular complexity index is 1060. The van der Waals surface area contributed by atoms with E-state index in [1.807, 2.05) is 56.3 Å². The van der Waals surface area contributed by atoms with Crippen LogP contribution in [0.5, 0.6) is 5.75 Å². The van der Waals surface area contributed by atoms with Crippen LogP contribution in [-0.2, 0) is 17.9 Å². The fraction of sp³-hybridized carbons (Fsp3) is 0.227. The maximum atomic E-state index is 12.3. The largest absolute Gasteiger partial charge is 0.497 e. The quantitative estimate of drug-likeness (QED) is 0.717. The van der Waals surface area contributed by atoms with Crippen molar-refractivity contribution in [2.45, 2.75) is 26.9 Å². The van der Waals surface area contributed by atoms with Gasteiger partial charge >= 0.3 is 0 Å². The van der Waals surface area contributed by atoms with Crippen LogP contribution >= 0.6 is 0 Å². The second-order valence-electron chi connectivity index (χ2n) is 6.66. The van der Waals surface area contributed by atoms with Crippen LogP contribution < -0.4 is 15.6 Å². The second kappa shape index (κ2) is 8.52. The van der Waals surface area contributed by atoms with Gasteiger partial charge in [-0.3, -0.25) is 9.59 Å². The van der Waals surface area contributed by atoms with Crippen molar-refractivity contribution in [1.82, 2.24) is 15.1 Å². The predicted molar refractivity (Wildman–Crippen MR) is 108 cm³/mol. The van der Waals surface area contributed by atoms with Gasteiger partial charge in [-0.2, -0.15) is 5.10 Å². The zero-order valence-corrected chi connectivity index (χ0v) is 16.2. The lowest BCUT2D eigenvalue weighted by molar-refractivity contribution is -0.122. The summed E-state index contributed by atoms with van der Waals surface area (Å²) in [5, 5.41) is 7.20. The van der Waals surface area contributed by atoms with Gasteiger partial charge in [-0.25, -0.2) is 4.68 Å². The molecule has 144 valence electrons. The van der Waals surface area contributed by atoms with Crippen LogP contribution in [0.4, 0.5) is 0 Å². The summed E-state index contributed by atoms with van der Waals surface area (Å²) in [5.41, 5.74) is 4.39. The van der Waals surface area contributed by atoms with Crippen molar-refractivity contribution < 1.29 is 9.53 Å². The first-order valence-electron chi connectivity index (χ1n) is 9.01. The van der Waals surface area contributed by atoms with Crippen molar-refractivity contribution in [3.05, 3.63) is 81.6 Å². The molecule has 1 N–H and O–H groups in total. The summed E-state index contributed by atoms with van der Waals surface area (Å²) in [6.45, 7) is 4.21. The number of benzene rings is 2. The molecule has 2 aromatic carbocycles. The van der Waals surface area contributed by atoms with Gasteiger partial charge in [-0.15, -0.1) is 0 Å². The van der Waals surface area contributed by atoms with E-state index in [4.69, 9.17) is 4.74 Å². The number of rotatable bonds is 6. The molecule has 3 rings (SSSR count). The van der Waals surface area contributed by atoms with E-state index in [1.54, 1.807) is 13.2 Å². The van der Waals surface area contributed by atoms with Crippen LogP contribution in [0.2, 0.25) is 0 Å². The zero-order chi connectivity index (χ0) is 20.1. The van der Waals surface area contributed by atoms with Crippen LogP contribution in [0.1, 0.15) is 16.7 Å². The number of aryl methyl sites for hydroxylation is 2. The Kier molecular flexibility index (Phi) is 5.89. The summed E-state index contributed by atoms with van der Waals surface area (Å²) in [7, 11) is 1.60. The third kappa shape index (κ3) is 4.65. The highest BCUT2D eigenvalue weighted by molar-refractivity contribution is 5.75. The minimum Gasteiger partial charge on any atom is -0.497 e. The van der Waals surface area contributed by atoms with Crippen molar-refractivity contribution in [2.75, 3.05) is 7.11 Å². The number of nitrogens with zero attached hydrogens (tertiary/aromatic N) is 2. The molecule has 0 spiro atoms. The summed E-state index contributed by atoms with van der Waals surface area (Å²) in [6, 6.07) is 16.7. The van der Waals surface area contributed by atoms with E-state index < -0.39 is 0 Å². The number of hydrogen-bond donors (Lipinski definition) is 1. The van der Waals surface area contributed by atoms with Gasteiger partial charge in [0, 0.05) is 18.2 Å². The molecule has 0 aliphatic heterocycles. The summed E-state index contributed by atoms with van der Waals surface area (Å²) in [5.74, 6) is 0.446. The Hall–Kier alpha value is -3.41.